The van der Waals surface area contributed by atoms with Crippen LogP contribution in [0.5, 0.6) is 0 Å². The van der Waals surface area contributed by atoms with Gasteiger partial charge in [0, 0.05) is 0 Å². The molecule has 0 aliphatic carbocycles. The second-order valence-electron chi connectivity index (χ2n) is 8.44. The highest BCUT2D eigenvalue weighted by molar-refractivity contribution is 5.89. The van der Waals surface area contributed by atoms with Gasteiger partial charge >= 0.3 is 0 Å². The van der Waals surface area contributed by atoms with Gasteiger partial charge in [0.2, 0.25) is 11.8 Å². The standard InChI is InChI=1S/C23H29N3O2/c1-15(16-10-12-18(13-11-16)23(2,3)4)24-22(28)19-14-20(27)26-21(25-19)17-8-6-5-7-9-17/h5-13,15,19,21,25H,14H2,1-4H3,(H,24,28)(H,26,27). The summed E-state index contributed by atoms with van der Waals surface area (Å²) in [5.74, 6) is -0.293. The lowest BCUT2D eigenvalue weighted by Gasteiger charge is -2.32. The Balaban J connectivity index is 1.65. The van der Waals surface area contributed by atoms with Gasteiger partial charge in [-0.05, 0) is 29.0 Å². The molecule has 3 atom stereocenters. The molecule has 3 rings (SSSR count). The Morgan fingerprint density at radius 1 is 1.07 bits per heavy atom. The van der Waals surface area contributed by atoms with Crippen molar-refractivity contribution in [3.63, 3.8) is 0 Å². The molecule has 2 aromatic rings. The normalized spacial score (nSPS) is 20.9. The number of hydrogen-bond acceptors (Lipinski definition) is 3. The van der Waals surface area contributed by atoms with Crippen LogP contribution in [0.25, 0.3) is 0 Å². The molecule has 0 aromatic heterocycles. The van der Waals surface area contributed by atoms with Crippen LogP contribution in [-0.4, -0.2) is 17.9 Å². The minimum atomic E-state index is -0.560. The van der Waals surface area contributed by atoms with Crippen LogP contribution in [0.3, 0.4) is 0 Å². The number of carbonyl (C=O) groups excluding carboxylic acids is 2. The van der Waals surface area contributed by atoms with Crippen molar-refractivity contribution in [3.05, 3.63) is 71.3 Å². The molecule has 0 radical (unpaired) electrons. The van der Waals surface area contributed by atoms with Crippen molar-refractivity contribution in [2.45, 2.75) is 57.8 Å². The third kappa shape index (κ3) is 4.78. The van der Waals surface area contributed by atoms with Gasteiger partial charge in [-0.2, -0.15) is 0 Å². The minimum absolute atomic E-state index is 0.0941. The molecule has 3 N–H and O–H groups in total. The van der Waals surface area contributed by atoms with Gasteiger partial charge in [0.05, 0.1) is 18.5 Å². The fourth-order valence-corrected chi connectivity index (χ4v) is 3.37. The summed E-state index contributed by atoms with van der Waals surface area (Å²) in [6.07, 6.45) is -0.232. The molecule has 2 aromatic carbocycles. The molecule has 0 spiro atoms. The van der Waals surface area contributed by atoms with E-state index >= 15 is 0 Å². The fourth-order valence-electron chi connectivity index (χ4n) is 3.37. The summed E-state index contributed by atoms with van der Waals surface area (Å²) in [7, 11) is 0. The van der Waals surface area contributed by atoms with E-state index in [1.165, 1.54) is 5.56 Å². The zero-order chi connectivity index (χ0) is 20.3. The summed E-state index contributed by atoms with van der Waals surface area (Å²) in [6.45, 7) is 8.49. The second kappa shape index (κ2) is 8.15. The number of nitrogens with one attached hydrogen (secondary N) is 3. The highest BCUT2D eigenvalue weighted by Crippen LogP contribution is 2.24. The Hall–Kier alpha value is -2.66. The van der Waals surface area contributed by atoms with Crippen molar-refractivity contribution in [2.24, 2.45) is 0 Å². The summed E-state index contributed by atoms with van der Waals surface area (Å²) >= 11 is 0. The first kappa shape index (κ1) is 20.1. The van der Waals surface area contributed by atoms with Crippen LogP contribution >= 0.6 is 0 Å². The molecule has 0 bridgehead atoms. The number of carbonyl (C=O) groups is 2. The third-order valence-corrected chi connectivity index (χ3v) is 5.15. The van der Waals surface area contributed by atoms with Gasteiger partial charge in [-0.25, -0.2) is 0 Å². The van der Waals surface area contributed by atoms with E-state index in [0.29, 0.717) is 0 Å². The van der Waals surface area contributed by atoms with Crippen molar-refractivity contribution in [2.75, 3.05) is 0 Å². The van der Waals surface area contributed by atoms with Crippen molar-refractivity contribution in [1.82, 2.24) is 16.0 Å². The lowest BCUT2D eigenvalue weighted by Crippen LogP contribution is -2.56. The molecule has 28 heavy (non-hydrogen) atoms. The highest BCUT2D eigenvalue weighted by Gasteiger charge is 2.31. The number of rotatable bonds is 4. The Bertz CT molecular complexity index is 825. The SMILES string of the molecule is CC(NC(=O)C1CC(=O)NC(c2ccccc2)N1)c1ccc(C(C)(C)C)cc1. The Labute approximate surface area is 166 Å². The Morgan fingerprint density at radius 2 is 1.71 bits per heavy atom. The van der Waals surface area contributed by atoms with Crippen LogP contribution in [-0.2, 0) is 15.0 Å². The van der Waals surface area contributed by atoms with Gasteiger partial charge < -0.3 is 10.6 Å². The number of hydrogen-bond donors (Lipinski definition) is 3. The molecule has 1 aliphatic rings. The van der Waals surface area contributed by atoms with Crippen LogP contribution < -0.4 is 16.0 Å². The molecule has 1 saturated heterocycles. The quantitative estimate of drug-likeness (QED) is 0.763. The van der Waals surface area contributed by atoms with Crippen molar-refractivity contribution in [3.8, 4) is 0 Å². The predicted octanol–water partition coefficient (Wildman–Crippen LogP) is 3.34. The lowest BCUT2D eigenvalue weighted by molar-refractivity contribution is -0.132. The second-order valence-corrected chi connectivity index (χ2v) is 8.44. The summed E-state index contributed by atoms with van der Waals surface area (Å²) < 4.78 is 0. The van der Waals surface area contributed by atoms with E-state index in [-0.39, 0.29) is 35.9 Å². The van der Waals surface area contributed by atoms with Crippen molar-refractivity contribution in [1.29, 1.82) is 0 Å². The summed E-state index contributed by atoms with van der Waals surface area (Å²) in [4.78, 5) is 24.9. The molecule has 2 amide bonds. The minimum Gasteiger partial charge on any atom is -0.348 e. The van der Waals surface area contributed by atoms with Gasteiger partial charge in [0.1, 0.15) is 6.17 Å². The fraction of sp³-hybridized carbons (Fsp3) is 0.391. The average molecular weight is 380 g/mol. The molecule has 5 nitrogen and oxygen atoms in total. The smallest absolute Gasteiger partial charge is 0.238 e. The van der Waals surface area contributed by atoms with E-state index in [1.807, 2.05) is 37.3 Å². The van der Waals surface area contributed by atoms with Crippen LogP contribution in [0.2, 0.25) is 0 Å². The molecule has 1 heterocycles. The van der Waals surface area contributed by atoms with E-state index in [2.05, 4.69) is 61.0 Å². The topological polar surface area (TPSA) is 70.2 Å². The van der Waals surface area contributed by atoms with Crippen LogP contribution in [0.1, 0.15) is 63.0 Å². The zero-order valence-electron chi connectivity index (χ0n) is 17.0. The molecule has 1 aliphatic heterocycles. The van der Waals surface area contributed by atoms with Gasteiger partial charge in [-0.15, -0.1) is 0 Å². The maximum Gasteiger partial charge on any atom is 0.238 e. The predicted molar refractivity (Wildman–Crippen MR) is 111 cm³/mol. The van der Waals surface area contributed by atoms with E-state index in [1.54, 1.807) is 0 Å². The third-order valence-electron chi connectivity index (χ3n) is 5.15. The number of benzene rings is 2. The average Bonchev–Trinajstić information content (AvgIpc) is 2.67. The summed E-state index contributed by atoms with van der Waals surface area (Å²) in [6, 6.07) is 17.2. The number of amides is 2. The van der Waals surface area contributed by atoms with E-state index in [0.717, 1.165) is 11.1 Å². The van der Waals surface area contributed by atoms with Gasteiger partial charge in [-0.1, -0.05) is 75.4 Å². The van der Waals surface area contributed by atoms with E-state index in [4.69, 9.17) is 0 Å². The van der Waals surface area contributed by atoms with Crippen molar-refractivity contribution >= 4 is 11.8 Å². The van der Waals surface area contributed by atoms with Crippen LogP contribution in [0.4, 0.5) is 0 Å². The first-order valence-corrected chi connectivity index (χ1v) is 9.75. The summed E-state index contributed by atoms with van der Waals surface area (Å²) in [5.41, 5.74) is 3.32. The molecular formula is C23H29N3O2. The molecule has 3 unspecified atom stereocenters. The first-order chi connectivity index (χ1) is 13.2. The zero-order valence-corrected chi connectivity index (χ0v) is 17.0. The maximum absolute atomic E-state index is 12.8. The van der Waals surface area contributed by atoms with Crippen LogP contribution in [0.15, 0.2) is 54.6 Å². The maximum atomic E-state index is 12.8. The first-order valence-electron chi connectivity index (χ1n) is 9.75. The van der Waals surface area contributed by atoms with Crippen molar-refractivity contribution < 1.29 is 9.59 Å². The Kier molecular flexibility index (Phi) is 5.84. The van der Waals surface area contributed by atoms with E-state index in [9.17, 15) is 9.59 Å². The van der Waals surface area contributed by atoms with Crippen LogP contribution in [0, 0.1) is 0 Å². The molecule has 0 saturated carbocycles. The molecule has 5 heteroatoms. The molecule has 1 fully saturated rings. The lowest BCUT2D eigenvalue weighted by atomic mass is 9.86. The highest BCUT2D eigenvalue weighted by atomic mass is 16.2. The molecular weight excluding hydrogens is 350 g/mol. The molecule has 148 valence electrons. The van der Waals surface area contributed by atoms with E-state index < -0.39 is 6.04 Å². The van der Waals surface area contributed by atoms with Gasteiger partial charge in [0.25, 0.3) is 0 Å². The van der Waals surface area contributed by atoms with Gasteiger partial charge in [-0.3, -0.25) is 14.9 Å². The van der Waals surface area contributed by atoms with Gasteiger partial charge in [0.15, 0.2) is 0 Å². The monoisotopic (exact) mass is 379 g/mol. The Morgan fingerprint density at radius 3 is 2.32 bits per heavy atom. The summed E-state index contributed by atoms with van der Waals surface area (Å²) in [5, 5.41) is 9.17. The largest absolute Gasteiger partial charge is 0.348 e.